The van der Waals surface area contributed by atoms with E-state index in [4.69, 9.17) is 5.73 Å². The van der Waals surface area contributed by atoms with Crippen molar-refractivity contribution in [3.63, 3.8) is 0 Å². The molecule has 1 aromatic carbocycles. The fourth-order valence-corrected chi connectivity index (χ4v) is 1.18. The number of hydrogen-bond acceptors (Lipinski definition) is 3. The zero-order chi connectivity index (χ0) is 11.4. The molecule has 0 heterocycles. The number of phenols is 1. The molecule has 0 aliphatic carbocycles. The summed E-state index contributed by atoms with van der Waals surface area (Å²) in [6, 6.07) is 3.52. The van der Waals surface area contributed by atoms with Crippen LogP contribution in [-0.4, -0.2) is 17.0 Å². The van der Waals surface area contributed by atoms with E-state index in [-0.39, 0.29) is 11.3 Å². The van der Waals surface area contributed by atoms with Crippen molar-refractivity contribution in [3.05, 3.63) is 27.3 Å². The van der Waals surface area contributed by atoms with E-state index in [2.05, 4.69) is 5.43 Å². The highest BCUT2D eigenvalue weighted by atomic mass is 127. The minimum absolute atomic E-state index is 0.00215. The van der Waals surface area contributed by atoms with Crippen LogP contribution in [-0.2, 0) is 0 Å². The first-order valence-electron chi connectivity index (χ1n) is 3.85. The number of phenolic OH excluding ortho intramolecular Hbond substituents is 1. The summed E-state index contributed by atoms with van der Waals surface area (Å²) < 4.78 is 0.631. The molecular formula is C8H8IN3O3. The van der Waals surface area contributed by atoms with Crippen molar-refractivity contribution in [3.8, 4) is 5.75 Å². The molecule has 0 bridgehead atoms. The Balaban J connectivity index is 2.74. The van der Waals surface area contributed by atoms with Gasteiger partial charge in [0.2, 0.25) is 0 Å². The van der Waals surface area contributed by atoms with E-state index >= 15 is 0 Å². The first kappa shape index (κ1) is 11.6. The number of aromatic hydroxyl groups is 1. The minimum atomic E-state index is -0.863. The molecule has 5 N–H and O–H groups in total. The number of hydrazine groups is 1. The molecule has 0 unspecified atom stereocenters. The Morgan fingerprint density at radius 3 is 2.53 bits per heavy atom. The zero-order valence-electron chi connectivity index (χ0n) is 7.45. The summed E-state index contributed by atoms with van der Waals surface area (Å²) in [5.41, 5.74) is 8.98. The van der Waals surface area contributed by atoms with Crippen LogP contribution in [0.1, 0.15) is 10.4 Å². The third kappa shape index (κ3) is 3.27. The monoisotopic (exact) mass is 321 g/mol. The number of halogens is 1. The van der Waals surface area contributed by atoms with Gasteiger partial charge in [-0.2, -0.15) is 0 Å². The van der Waals surface area contributed by atoms with E-state index in [1.807, 2.05) is 28.0 Å². The maximum Gasteiger partial charge on any atom is 0.330 e. The maximum absolute atomic E-state index is 11.3. The lowest BCUT2D eigenvalue weighted by Gasteiger charge is -2.05. The fraction of sp³-hybridized carbons (Fsp3) is 0. The number of urea groups is 1. The van der Waals surface area contributed by atoms with E-state index in [0.29, 0.717) is 3.57 Å². The van der Waals surface area contributed by atoms with Gasteiger partial charge in [-0.25, -0.2) is 10.2 Å². The highest BCUT2D eigenvalue weighted by Gasteiger charge is 2.07. The van der Waals surface area contributed by atoms with E-state index < -0.39 is 11.9 Å². The van der Waals surface area contributed by atoms with Gasteiger partial charge in [-0.05, 0) is 40.8 Å². The molecule has 80 valence electrons. The average Bonchev–Trinajstić information content (AvgIpc) is 2.18. The molecule has 3 amide bonds. The van der Waals surface area contributed by atoms with Crippen molar-refractivity contribution >= 4 is 34.5 Å². The maximum atomic E-state index is 11.3. The Labute approximate surface area is 99.0 Å². The minimum Gasteiger partial charge on any atom is -0.507 e. The van der Waals surface area contributed by atoms with E-state index in [1.165, 1.54) is 12.1 Å². The second kappa shape index (κ2) is 4.82. The predicted octanol–water partition coefficient (Wildman–Crippen LogP) is 0.310. The summed E-state index contributed by atoms with van der Waals surface area (Å²) in [7, 11) is 0. The third-order valence-corrected chi connectivity index (χ3v) is 2.42. The summed E-state index contributed by atoms with van der Waals surface area (Å²) in [5.74, 6) is -0.553. The number of nitrogens with two attached hydrogens (primary N) is 1. The van der Waals surface area contributed by atoms with Gasteiger partial charge in [0.25, 0.3) is 5.91 Å². The van der Waals surface area contributed by atoms with E-state index in [1.54, 1.807) is 6.07 Å². The summed E-state index contributed by atoms with van der Waals surface area (Å²) in [6.07, 6.45) is 0. The zero-order valence-corrected chi connectivity index (χ0v) is 9.61. The Morgan fingerprint density at radius 2 is 2.00 bits per heavy atom. The first-order valence-corrected chi connectivity index (χ1v) is 4.93. The molecule has 0 saturated heterocycles. The van der Waals surface area contributed by atoms with Crippen LogP contribution in [0.15, 0.2) is 18.2 Å². The topological polar surface area (TPSA) is 104 Å². The lowest BCUT2D eigenvalue weighted by Crippen LogP contribution is -2.44. The van der Waals surface area contributed by atoms with Crippen LogP contribution in [0, 0.1) is 3.57 Å². The molecule has 0 fully saturated rings. The van der Waals surface area contributed by atoms with Gasteiger partial charge in [0.1, 0.15) is 5.75 Å². The van der Waals surface area contributed by atoms with E-state index in [9.17, 15) is 14.7 Å². The number of carbonyl (C=O) groups excluding carboxylic acids is 2. The van der Waals surface area contributed by atoms with Crippen LogP contribution >= 0.6 is 22.6 Å². The highest BCUT2D eigenvalue weighted by Crippen LogP contribution is 2.20. The van der Waals surface area contributed by atoms with Gasteiger partial charge in [0.15, 0.2) is 0 Å². The van der Waals surface area contributed by atoms with Gasteiger partial charge in [-0.3, -0.25) is 10.2 Å². The number of primary amides is 1. The molecule has 0 aromatic heterocycles. The van der Waals surface area contributed by atoms with Gasteiger partial charge in [-0.15, -0.1) is 0 Å². The summed E-state index contributed by atoms with van der Waals surface area (Å²) in [4.78, 5) is 21.6. The molecule has 15 heavy (non-hydrogen) atoms. The number of carbonyl (C=O) groups is 2. The molecule has 0 spiro atoms. The number of amides is 3. The van der Waals surface area contributed by atoms with Crippen LogP contribution in [0.3, 0.4) is 0 Å². The Bertz CT molecular complexity index is 408. The first-order chi connectivity index (χ1) is 7.00. The van der Waals surface area contributed by atoms with Crippen molar-refractivity contribution in [1.29, 1.82) is 0 Å². The second-order valence-corrected chi connectivity index (χ2v) is 3.77. The Morgan fingerprint density at radius 1 is 1.33 bits per heavy atom. The summed E-state index contributed by atoms with van der Waals surface area (Å²) in [5, 5.41) is 9.33. The van der Waals surface area contributed by atoms with E-state index in [0.717, 1.165) is 0 Å². The number of benzene rings is 1. The van der Waals surface area contributed by atoms with Crippen molar-refractivity contribution in [2.75, 3.05) is 0 Å². The quantitative estimate of drug-likeness (QED) is 0.442. The standard InChI is InChI=1S/C8H8IN3O3/c9-5-2-1-4(3-6(5)13)7(14)11-12-8(10)15/h1-3,13H,(H,11,14)(H3,10,12,15). The van der Waals surface area contributed by atoms with Crippen molar-refractivity contribution in [2.24, 2.45) is 5.73 Å². The smallest absolute Gasteiger partial charge is 0.330 e. The van der Waals surface area contributed by atoms with Gasteiger partial charge in [0, 0.05) is 5.56 Å². The number of nitrogens with one attached hydrogen (secondary N) is 2. The molecule has 7 heteroatoms. The SMILES string of the molecule is NC(=O)NNC(=O)c1ccc(I)c(O)c1. The summed E-state index contributed by atoms with van der Waals surface area (Å²) >= 11 is 1.92. The van der Waals surface area contributed by atoms with Crippen LogP contribution < -0.4 is 16.6 Å². The Kier molecular flexibility index (Phi) is 3.72. The Hall–Kier alpha value is -1.51. The molecule has 1 aromatic rings. The van der Waals surface area contributed by atoms with Crippen molar-refractivity contribution in [2.45, 2.75) is 0 Å². The molecule has 0 radical (unpaired) electrons. The predicted molar refractivity (Wildman–Crippen MR) is 61.0 cm³/mol. The number of rotatable bonds is 1. The van der Waals surface area contributed by atoms with Crippen LogP contribution in [0.25, 0.3) is 0 Å². The molecule has 0 atom stereocenters. The lowest BCUT2D eigenvalue weighted by molar-refractivity contribution is 0.0937. The molecule has 0 saturated carbocycles. The van der Waals surface area contributed by atoms with Gasteiger partial charge < -0.3 is 10.8 Å². The van der Waals surface area contributed by atoms with Gasteiger partial charge in [0.05, 0.1) is 3.57 Å². The van der Waals surface area contributed by atoms with Crippen LogP contribution in [0.2, 0.25) is 0 Å². The number of hydrogen-bond donors (Lipinski definition) is 4. The molecular weight excluding hydrogens is 313 g/mol. The largest absolute Gasteiger partial charge is 0.507 e. The molecule has 6 nitrogen and oxygen atoms in total. The molecule has 0 aliphatic rings. The van der Waals surface area contributed by atoms with Crippen LogP contribution in [0.5, 0.6) is 5.75 Å². The van der Waals surface area contributed by atoms with Gasteiger partial charge in [-0.1, -0.05) is 0 Å². The summed E-state index contributed by atoms with van der Waals surface area (Å²) in [6.45, 7) is 0. The lowest BCUT2D eigenvalue weighted by atomic mass is 10.2. The van der Waals surface area contributed by atoms with Gasteiger partial charge >= 0.3 is 6.03 Å². The second-order valence-electron chi connectivity index (χ2n) is 2.61. The molecule has 0 aliphatic heterocycles. The average molecular weight is 321 g/mol. The normalized spacial score (nSPS) is 9.40. The fourth-order valence-electron chi connectivity index (χ4n) is 0.844. The van der Waals surface area contributed by atoms with Crippen molar-refractivity contribution < 1.29 is 14.7 Å². The third-order valence-electron chi connectivity index (χ3n) is 1.51. The van der Waals surface area contributed by atoms with Crippen molar-refractivity contribution in [1.82, 2.24) is 10.9 Å². The molecule has 1 rings (SSSR count). The highest BCUT2D eigenvalue weighted by molar-refractivity contribution is 14.1. The van der Waals surface area contributed by atoms with Crippen LogP contribution in [0.4, 0.5) is 4.79 Å².